The van der Waals surface area contributed by atoms with Crippen molar-refractivity contribution in [2.24, 2.45) is 0 Å². The summed E-state index contributed by atoms with van der Waals surface area (Å²) in [6.07, 6.45) is 55.6. The highest BCUT2D eigenvalue weighted by Crippen LogP contribution is 2.17. The Hall–Kier alpha value is 0.770. The zero-order valence-corrected chi connectivity index (χ0v) is 31.4. The maximum atomic E-state index is 5.73. The van der Waals surface area contributed by atoms with Crippen molar-refractivity contribution in [3.05, 3.63) is 0 Å². The first-order valence-electron chi connectivity index (χ1n) is 20.0. The Morgan fingerprint density at radius 2 is 0.310 bits per heavy atom. The molecule has 0 aromatic rings. The monoisotopic (exact) mass is 675 g/mol. The van der Waals surface area contributed by atoms with Crippen LogP contribution in [0.15, 0.2) is 0 Å². The van der Waals surface area contributed by atoms with E-state index in [1.807, 2.05) is 0 Å². The molecule has 0 radical (unpaired) electrons. The van der Waals surface area contributed by atoms with Crippen LogP contribution in [0.25, 0.3) is 0 Å². The largest absolute Gasteiger partial charge is 0.127 e. The van der Waals surface area contributed by atoms with Crippen molar-refractivity contribution in [3.63, 3.8) is 0 Å². The van der Waals surface area contributed by atoms with Gasteiger partial charge in [0.2, 0.25) is 0 Å². The second-order valence-electron chi connectivity index (χ2n) is 13.8. The molecule has 0 spiro atoms. The SMILES string of the molecule is ClCCCCCCCCCCCCCCCCCCCCCCCCCCCCCCCCCCCCCCCCBr. The zero-order valence-electron chi connectivity index (χ0n) is 29.0. The van der Waals surface area contributed by atoms with Crippen LogP contribution in [0.4, 0.5) is 0 Å². The van der Waals surface area contributed by atoms with Gasteiger partial charge < -0.3 is 0 Å². The van der Waals surface area contributed by atoms with E-state index in [2.05, 4.69) is 15.9 Å². The Bertz CT molecular complexity index is 399. The van der Waals surface area contributed by atoms with Gasteiger partial charge in [-0.15, -0.1) is 11.6 Å². The van der Waals surface area contributed by atoms with Crippen LogP contribution in [0.1, 0.15) is 244 Å². The second-order valence-corrected chi connectivity index (χ2v) is 15.0. The number of rotatable bonds is 39. The minimum atomic E-state index is 0.846. The van der Waals surface area contributed by atoms with E-state index in [4.69, 9.17) is 11.6 Å². The molecule has 0 unspecified atom stereocenters. The molecule has 0 heterocycles. The summed E-state index contributed by atoms with van der Waals surface area (Å²) in [6.45, 7) is 0. The van der Waals surface area contributed by atoms with Crippen molar-refractivity contribution < 1.29 is 0 Å². The predicted molar refractivity (Wildman–Crippen MR) is 200 cm³/mol. The van der Waals surface area contributed by atoms with Gasteiger partial charge in [0.15, 0.2) is 0 Å². The standard InChI is InChI=1S/C40H80BrCl/c41-39-37-35-33-31-29-27-25-23-21-19-17-15-13-11-9-7-5-3-1-2-4-6-8-10-12-14-16-18-20-22-24-26-28-30-32-34-36-38-40-42/h1-40H2. The molecule has 254 valence electrons. The molecule has 0 aliphatic heterocycles. The second kappa shape index (κ2) is 41.8. The van der Waals surface area contributed by atoms with E-state index in [0.717, 1.165) is 5.88 Å². The molecule has 0 saturated heterocycles. The number of unbranched alkanes of at least 4 members (excludes halogenated alkanes) is 37. The molecule has 0 bridgehead atoms. The average molecular weight is 676 g/mol. The lowest BCUT2D eigenvalue weighted by atomic mass is 10.0. The van der Waals surface area contributed by atoms with Crippen LogP contribution in [-0.2, 0) is 0 Å². The highest BCUT2D eigenvalue weighted by molar-refractivity contribution is 9.09. The van der Waals surface area contributed by atoms with Gasteiger partial charge in [0, 0.05) is 11.2 Å². The lowest BCUT2D eigenvalue weighted by Crippen LogP contribution is -1.85. The molecular weight excluding hydrogens is 596 g/mol. The van der Waals surface area contributed by atoms with Crippen LogP contribution in [-0.4, -0.2) is 11.2 Å². The Morgan fingerprint density at radius 3 is 0.429 bits per heavy atom. The molecule has 0 aromatic carbocycles. The first-order chi connectivity index (χ1) is 20.9. The van der Waals surface area contributed by atoms with E-state index < -0.39 is 0 Å². The van der Waals surface area contributed by atoms with Gasteiger partial charge in [-0.05, 0) is 12.8 Å². The van der Waals surface area contributed by atoms with Crippen LogP contribution in [0, 0.1) is 0 Å². The molecule has 0 atom stereocenters. The van der Waals surface area contributed by atoms with Gasteiger partial charge in [0.05, 0.1) is 0 Å². The topological polar surface area (TPSA) is 0 Å². The fourth-order valence-corrected chi connectivity index (χ4v) is 7.14. The summed E-state index contributed by atoms with van der Waals surface area (Å²) in [4.78, 5) is 0. The van der Waals surface area contributed by atoms with Crippen LogP contribution >= 0.6 is 27.5 Å². The van der Waals surface area contributed by atoms with Crippen molar-refractivity contribution in [2.45, 2.75) is 244 Å². The van der Waals surface area contributed by atoms with Gasteiger partial charge in [0.25, 0.3) is 0 Å². The van der Waals surface area contributed by atoms with Gasteiger partial charge in [-0.25, -0.2) is 0 Å². The Kier molecular flexibility index (Phi) is 42.5. The van der Waals surface area contributed by atoms with E-state index in [9.17, 15) is 0 Å². The van der Waals surface area contributed by atoms with Gasteiger partial charge in [0.1, 0.15) is 0 Å². The molecule has 0 saturated carbocycles. The fourth-order valence-electron chi connectivity index (χ4n) is 6.55. The van der Waals surface area contributed by atoms with Gasteiger partial charge >= 0.3 is 0 Å². The maximum Gasteiger partial charge on any atom is 0.0223 e. The zero-order chi connectivity index (χ0) is 30.3. The fraction of sp³-hybridized carbons (Fsp3) is 1.00. The molecule has 2 heteroatoms. The smallest absolute Gasteiger partial charge is 0.0223 e. The van der Waals surface area contributed by atoms with E-state index in [1.54, 1.807) is 0 Å². The summed E-state index contributed by atoms with van der Waals surface area (Å²) >= 11 is 9.26. The minimum Gasteiger partial charge on any atom is -0.127 e. The summed E-state index contributed by atoms with van der Waals surface area (Å²) < 4.78 is 0. The molecule has 0 rings (SSSR count). The average Bonchev–Trinajstić information content (AvgIpc) is 3.00. The van der Waals surface area contributed by atoms with Crippen LogP contribution in [0.2, 0.25) is 0 Å². The number of halogens is 2. The maximum absolute atomic E-state index is 5.73. The predicted octanol–water partition coefficient (Wildman–Crippen LogP) is 16.4. The Morgan fingerprint density at radius 1 is 0.190 bits per heavy atom. The van der Waals surface area contributed by atoms with Crippen molar-refractivity contribution in [2.75, 3.05) is 11.2 Å². The molecule has 42 heavy (non-hydrogen) atoms. The summed E-state index contributed by atoms with van der Waals surface area (Å²) in [5.74, 6) is 0.846. The van der Waals surface area contributed by atoms with E-state index in [1.165, 1.54) is 249 Å². The van der Waals surface area contributed by atoms with Crippen molar-refractivity contribution in [1.29, 1.82) is 0 Å². The number of alkyl halides is 2. The highest BCUT2D eigenvalue weighted by atomic mass is 79.9. The van der Waals surface area contributed by atoms with Gasteiger partial charge in [-0.1, -0.05) is 247 Å². The minimum absolute atomic E-state index is 0.846. The lowest BCUT2D eigenvalue weighted by Gasteiger charge is -2.05. The van der Waals surface area contributed by atoms with Crippen molar-refractivity contribution in [1.82, 2.24) is 0 Å². The van der Waals surface area contributed by atoms with Crippen LogP contribution in [0.3, 0.4) is 0 Å². The van der Waals surface area contributed by atoms with Crippen LogP contribution < -0.4 is 0 Å². The quantitative estimate of drug-likeness (QED) is 0.0449. The first kappa shape index (κ1) is 42.8. The highest BCUT2D eigenvalue weighted by Gasteiger charge is 1.98. The van der Waals surface area contributed by atoms with E-state index in [0.29, 0.717) is 0 Å². The Balaban J connectivity index is 3.02. The van der Waals surface area contributed by atoms with E-state index >= 15 is 0 Å². The summed E-state index contributed by atoms with van der Waals surface area (Å²) in [7, 11) is 0. The summed E-state index contributed by atoms with van der Waals surface area (Å²) in [5, 5.41) is 1.19. The lowest BCUT2D eigenvalue weighted by molar-refractivity contribution is 0.510. The van der Waals surface area contributed by atoms with Crippen molar-refractivity contribution in [3.8, 4) is 0 Å². The molecule has 0 fully saturated rings. The normalized spacial score (nSPS) is 11.6. The molecule has 0 aromatic heterocycles. The van der Waals surface area contributed by atoms with Gasteiger partial charge in [-0.2, -0.15) is 0 Å². The van der Waals surface area contributed by atoms with Crippen molar-refractivity contribution >= 4 is 27.5 Å². The molecular formula is C40H80BrCl. The number of hydrogen-bond acceptors (Lipinski definition) is 0. The third-order valence-corrected chi connectivity index (χ3v) is 10.3. The summed E-state index contributed by atoms with van der Waals surface area (Å²) in [5.41, 5.74) is 0. The molecule has 0 N–H and O–H groups in total. The van der Waals surface area contributed by atoms with Crippen LogP contribution in [0.5, 0.6) is 0 Å². The number of hydrogen-bond donors (Lipinski definition) is 0. The molecule has 0 aliphatic rings. The first-order valence-corrected chi connectivity index (χ1v) is 21.7. The molecule has 0 amide bonds. The van der Waals surface area contributed by atoms with E-state index in [-0.39, 0.29) is 0 Å². The Labute approximate surface area is 281 Å². The third kappa shape index (κ3) is 40.8. The molecule has 0 nitrogen and oxygen atoms in total. The third-order valence-electron chi connectivity index (χ3n) is 9.52. The molecule has 0 aliphatic carbocycles. The van der Waals surface area contributed by atoms with Gasteiger partial charge in [-0.3, -0.25) is 0 Å². The summed E-state index contributed by atoms with van der Waals surface area (Å²) in [6, 6.07) is 0.